The second-order valence-electron chi connectivity index (χ2n) is 6.98. The molecular weight excluding hydrogens is 472 g/mol. The fourth-order valence-electron chi connectivity index (χ4n) is 3.22. The zero-order valence-electron chi connectivity index (χ0n) is 16.3. The van der Waals surface area contributed by atoms with E-state index in [1.807, 2.05) is 0 Å². The minimum absolute atomic E-state index is 0.212. The standard InChI is InChI=1S/C21H23BrN2O5S/c22-17-5-10-20(16(13-17)14-25)29-15-21(26)23-18-6-8-19(9-7-18)30(27,28)24-11-3-1-2-4-12-24/h5-10,13-14H,1-4,11-12,15H2,(H,23,26). The lowest BCUT2D eigenvalue weighted by molar-refractivity contribution is -0.118. The van der Waals surface area contributed by atoms with E-state index in [-0.39, 0.29) is 11.5 Å². The van der Waals surface area contributed by atoms with Crippen molar-refractivity contribution in [2.24, 2.45) is 0 Å². The van der Waals surface area contributed by atoms with Crippen LogP contribution >= 0.6 is 15.9 Å². The van der Waals surface area contributed by atoms with E-state index < -0.39 is 15.9 Å². The van der Waals surface area contributed by atoms with Crippen molar-refractivity contribution in [3.8, 4) is 5.75 Å². The molecule has 30 heavy (non-hydrogen) atoms. The van der Waals surface area contributed by atoms with Gasteiger partial charge in [-0.2, -0.15) is 4.31 Å². The van der Waals surface area contributed by atoms with Crippen molar-refractivity contribution < 1.29 is 22.7 Å². The number of carbonyl (C=O) groups excluding carboxylic acids is 2. The molecule has 0 aromatic heterocycles. The molecule has 0 spiro atoms. The lowest BCUT2D eigenvalue weighted by Gasteiger charge is -2.20. The Bertz CT molecular complexity index is 1000. The van der Waals surface area contributed by atoms with E-state index in [0.29, 0.717) is 36.4 Å². The van der Waals surface area contributed by atoms with Crippen molar-refractivity contribution in [2.75, 3.05) is 25.0 Å². The number of sulfonamides is 1. The number of hydrogen-bond donors (Lipinski definition) is 1. The van der Waals surface area contributed by atoms with E-state index in [0.717, 1.165) is 30.2 Å². The van der Waals surface area contributed by atoms with Crippen LogP contribution in [0.3, 0.4) is 0 Å². The van der Waals surface area contributed by atoms with E-state index in [1.54, 1.807) is 30.3 Å². The Morgan fingerprint density at radius 2 is 1.73 bits per heavy atom. The molecule has 1 aliphatic heterocycles. The smallest absolute Gasteiger partial charge is 0.262 e. The van der Waals surface area contributed by atoms with Gasteiger partial charge < -0.3 is 10.1 Å². The van der Waals surface area contributed by atoms with Gasteiger partial charge in [0.2, 0.25) is 10.0 Å². The lowest BCUT2D eigenvalue weighted by atomic mass is 10.2. The van der Waals surface area contributed by atoms with Gasteiger partial charge in [0, 0.05) is 23.2 Å². The Balaban J connectivity index is 1.60. The highest BCUT2D eigenvalue weighted by Crippen LogP contribution is 2.23. The molecule has 1 amide bonds. The maximum atomic E-state index is 12.8. The largest absolute Gasteiger partial charge is 0.483 e. The number of carbonyl (C=O) groups is 2. The summed E-state index contributed by atoms with van der Waals surface area (Å²) in [5.41, 5.74) is 0.796. The molecular formula is C21H23BrN2O5S. The number of hydrogen-bond acceptors (Lipinski definition) is 5. The highest BCUT2D eigenvalue weighted by Gasteiger charge is 2.25. The molecule has 0 unspecified atom stereocenters. The Hall–Kier alpha value is -2.23. The molecule has 0 aliphatic carbocycles. The zero-order valence-corrected chi connectivity index (χ0v) is 18.7. The third kappa shape index (κ3) is 5.68. The molecule has 1 N–H and O–H groups in total. The molecule has 0 radical (unpaired) electrons. The Kier molecular flexibility index (Phi) is 7.63. The molecule has 1 heterocycles. The minimum Gasteiger partial charge on any atom is -0.483 e. The number of anilines is 1. The average molecular weight is 495 g/mol. The summed E-state index contributed by atoms with van der Waals surface area (Å²) < 4.78 is 33.3. The van der Waals surface area contributed by atoms with Crippen molar-refractivity contribution >= 4 is 43.8 Å². The summed E-state index contributed by atoms with van der Waals surface area (Å²) in [5, 5.41) is 2.66. The van der Waals surface area contributed by atoms with Crippen LogP contribution in [0, 0.1) is 0 Å². The molecule has 9 heteroatoms. The lowest BCUT2D eigenvalue weighted by Crippen LogP contribution is -2.31. The van der Waals surface area contributed by atoms with Crippen LogP contribution in [0.1, 0.15) is 36.0 Å². The molecule has 1 saturated heterocycles. The molecule has 2 aromatic rings. The van der Waals surface area contributed by atoms with Crippen LogP contribution in [-0.2, 0) is 14.8 Å². The van der Waals surface area contributed by atoms with Gasteiger partial charge in [-0.05, 0) is 55.3 Å². The minimum atomic E-state index is -3.53. The van der Waals surface area contributed by atoms with Crippen LogP contribution < -0.4 is 10.1 Å². The number of ether oxygens (including phenoxy) is 1. The summed E-state index contributed by atoms with van der Waals surface area (Å²) in [5.74, 6) is -0.111. The van der Waals surface area contributed by atoms with Gasteiger partial charge in [0.15, 0.2) is 12.9 Å². The van der Waals surface area contributed by atoms with Crippen LogP contribution in [-0.4, -0.2) is 44.6 Å². The van der Waals surface area contributed by atoms with Crippen LogP contribution in [0.2, 0.25) is 0 Å². The van der Waals surface area contributed by atoms with Crippen molar-refractivity contribution in [1.29, 1.82) is 0 Å². The molecule has 1 aliphatic rings. The number of benzene rings is 2. The Labute approximate surface area is 184 Å². The highest BCUT2D eigenvalue weighted by atomic mass is 79.9. The van der Waals surface area contributed by atoms with Gasteiger partial charge >= 0.3 is 0 Å². The van der Waals surface area contributed by atoms with Gasteiger partial charge in [-0.1, -0.05) is 28.8 Å². The first-order chi connectivity index (χ1) is 14.4. The maximum Gasteiger partial charge on any atom is 0.262 e. The van der Waals surface area contributed by atoms with Crippen molar-refractivity contribution in [1.82, 2.24) is 4.31 Å². The van der Waals surface area contributed by atoms with Crippen LogP contribution in [0.25, 0.3) is 0 Å². The van der Waals surface area contributed by atoms with Crippen LogP contribution in [0.4, 0.5) is 5.69 Å². The van der Waals surface area contributed by atoms with E-state index in [2.05, 4.69) is 21.2 Å². The SMILES string of the molecule is O=Cc1cc(Br)ccc1OCC(=O)Nc1ccc(S(=O)(=O)N2CCCCCC2)cc1. The third-order valence-electron chi connectivity index (χ3n) is 4.80. The summed E-state index contributed by atoms with van der Waals surface area (Å²) in [4.78, 5) is 23.5. The molecule has 2 aromatic carbocycles. The quantitative estimate of drug-likeness (QED) is 0.590. The van der Waals surface area contributed by atoms with E-state index in [4.69, 9.17) is 4.74 Å². The summed E-state index contributed by atoms with van der Waals surface area (Å²) in [7, 11) is -3.53. The average Bonchev–Trinajstić information content (AvgIpc) is 3.03. The summed E-state index contributed by atoms with van der Waals surface area (Å²) in [6.07, 6.45) is 4.50. The van der Waals surface area contributed by atoms with Crippen LogP contribution in [0.5, 0.6) is 5.75 Å². The van der Waals surface area contributed by atoms with E-state index in [1.165, 1.54) is 16.4 Å². The molecule has 0 saturated carbocycles. The molecule has 3 rings (SSSR count). The topological polar surface area (TPSA) is 92.8 Å². The summed E-state index contributed by atoms with van der Waals surface area (Å²) in [6, 6.07) is 11.0. The van der Waals surface area contributed by atoms with E-state index >= 15 is 0 Å². The number of aldehydes is 1. The monoisotopic (exact) mass is 494 g/mol. The maximum absolute atomic E-state index is 12.8. The summed E-state index contributed by atoms with van der Waals surface area (Å²) in [6.45, 7) is 0.796. The Morgan fingerprint density at radius 3 is 2.37 bits per heavy atom. The van der Waals surface area contributed by atoms with Crippen molar-refractivity contribution in [3.63, 3.8) is 0 Å². The second kappa shape index (κ2) is 10.2. The molecule has 7 nitrogen and oxygen atoms in total. The number of amides is 1. The summed E-state index contributed by atoms with van der Waals surface area (Å²) >= 11 is 3.27. The number of nitrogens with one attached hydrogen (secondary N) is 1. The van der Waals surface area contributed by atoms with Gasteiger partial charge in [0.05, 0.1) is 10.5 Å². The van der Waals surface area contributed by atoms with Crippen molar-refractivity contribution in [2.45, 2.75) is 30.6 Å². The van der Waals surface area contributed by atoms with Gasteiger partial charge in [-0.3, -0.25) is 9.59 Å². The number of rotatable bonds is 7. The third-order valence-corrected chi connectivity index (χ3v) is 7.20. The predicted molar refractivity (Wildman–Crippen MR) is 117 cm³/mol. The predicted octanol–water partition coefficient (Wildman–Crippen LogP) is 3.84. The highest BCUT2D eigenvalue weighted by molar-refractivity contribution is 9.10. The number of halogens is 1. The molecule has 160 valence electrons. The Morgan fingerprint density at radius 1 is 1.07 bits per heavy atom. The fraction of sp³-hybridized carbons (Fsp3) is 0.333. The first-order valence-electron chi connectivity index (χ1n) is 9.68. The first-order valence-corrected chi connectivity index (χ1v) is 11.9. The van der Waals surface area contributed by atoms with Gasteiger partial charge in [-0.15, -0.1) is 0 Å². The molecule has 0 bridgehead atoms. The van der Waals surface area contributed by atoms with Crippen molar-refractivity contribution in [3.05, 3.63) is 52.5 Å². The van der Waals surface area contributed by atoms with E-state index in [9.17, 15) is 18.0 Å². The zero-order chi connectivity index (χ0) is 21.6. The fourth-order valence-corrected chi connectivity index (χ4v) is 5.12. The normalized spacial score (nSPS) is 15.2. The van der Waals surface area contributed by atoms with Gasteiger partial charge in [-0.25, -0.2) is 8.42 Å². The second-order valence-corrected chi connectivity index (χ2v) is 9.83. The first kappa shape index (κ1) is 22.5. The molecule has 0 atom stereocenters. The van der Waals surface area contributed by atoms with Gasteiger partial charge in [0.25, 0.3) is 5.91 Å². The number of nitrogens with zero attached hydrogens (tertiary/aromatic N) is 1. The molecule has 1 fully saturated rings. The van der Waals surface area contributed by atoms with Gasteiger partial charge in [0.1, 0.15) is 5.75 Å². The van der Waals surface area contributed by atoms with Crippen LogP contribution in [0.15, 0.2) is 51.8 Å².